The number of hydrogen-bond acceptors (Lipinski definition) is 1. The molecule has 0 spiro atoms. The maximum absolute atomic E-state index is 14.0. The van der Waals surface area contributed by atoms with Gasteiger partial charge in [-0.3, -0.25) is 0 Å². The van der Waals surface area contributed by atoms with Crippen molar-refractivity contribution in [1.29, 1.82) is 0 Å². The lowest BCUT2D eigenvalue weighted by molar-refractivity contribution is 0.544. The van der Waals surface area contributed by atoms with Crippen LogP contribution in [0.25, 0.3) is 0 Å². The first-order chi connectivity index (χ1) is 9.72. The molecule has 1 N–H and O–H groups in total. The highest BCUT2D eigenvalue weighted by atomic mass is 35.5. The van der Waals surface area contributed by atoms with Gasteiger partial charge in [-0.1, -0.05) is 54.9 Å². The summed E-state index contributed by atoms with van der Waals surface area (Å²) in [4.78, 5) is 0. The Kier molecular flexibility index (Phi) is 5.57. The summed E-state index contributed by atoms with van der Waals surface area (Å²) in [5.74, 6) is -0.0708. The largest absolute Gasteiger partial charge is 0.316 e. The lowest BCUT2D eigenvalue weighted by atomic mass is 9.91. The van der Waals surface area contributed by atoms with Crippen molar-refractivity contribution in [2.75, 3.05) is 13.1 Å². The molecule has 0 aliphatic rings. The van der Waals surface area contributed by atoms with Crippen LogP contribution in [0.15, 0.2) is 48.5 Å². The van der Waals surface area contributed by atoms with Crippen molar-refractivity contribution < 1.29 is 4.39 Å². The highest BCUT2D eigenvalue weighted by Crippen LogP contribution is 2.26. The topological polar surface area (TPSA) is 12.0 Å². The van der Waals surface area contributed by atoms with Crippen LogP contribution >= 0.6 is 11.6 Å². The number of benzene rings is 2. The molecule has 0 aromatic heterocycles. The molecule has 0 fully saturated rings. The summed E-state index contributed by atoms with van der Waals surface area (Å²) in [6.45, 7) is 3.66. The normalized spacial score (nSPS) is 12.3. The maximum Gasteiger partial charge on any atom is 0.126 e. The third kappa shape index (κ3) is 3.81. The summed E-state index contributed by atoms with van der Waals surface area (Å²) in [7, 11) is 0. The predicted molar refractivity (Wildman–Crippen MR) is 82.8 cm³/mol. The summed E-state index contributed by atoms with van der Waals surface area (Å²) in [6, 6.07) is 14.7. The maximum atomic E-state index is 14.0. The molecular weight excluding hydrogens is 273 g/mol. The van der Waals surface area contributed by atoms with E-state index in [0.29, 0.717) is 0 Å². The van der Waals surface area contributed by atoms with E-state index in [9.17, 15) is 4.39 Å². The van der Waals surface area contributed by atoms with Crippen LogP contribution in [0.1, 0.15) is 24.0 Å². The number of nitrogens with one attached hydrogen (secondary N) is 1. The Morgan fingerprint density at radius 3 is 2.50 bits per heavy atom. The first-order valence-electron chi connectivity index (χ1n) is 6.91. The van der Waals surface area contributed by atoms with Crippen molar-refractivity contribution in [3.63, 3.8) is 0 Å². The monoisotopic (exact) mass is 291 g/mol. The van der Waals surface area contributed by atoms with E-state index in [1.807, 2.05) is 43.3 Å². The van der Waals surface area contributed by atoms with E-state index >= 15 is 0 Å². The summed E-state index contributed by atoms with van der Waals surface area (Å²) in [5.41, 5.74) is 1.80. The number of hydrogen-bond donors (Lipinski definition) is 1. The van der Waals surface area contributed by atoms with Crippen LogP contribution in [0, 0.1) is 5.82 Å². The Balaban J connectivity index is 2.24. The molecule has 106 valence electrons. The van der Waals surface area contributed by atoms with Gasteiger partial charge in [-0.25, -0.2) is 4.39 Å². The summed E-state index contributed by atoms with van der Waals surface area (Å²) in [5, 5.41) is 4.05. The van der Waals surface area contributed by atoms with Gasteiger partial charge in [-0.2, -0.15) is 0 Å². The number of halogens is 2. The van der Waals surface area contributed by atoms with E-state index in [0.717, 1.165) is 35.7 Å². The number of likely N-dealkylation sites (N-methyl/N-ethyl adjacent to an activating group) is 1. The Labute approximate surface area is 124 Å². The second-order valence-corrected chi connectivity index (χ2v) is 5.23. The van der Waals surface area contributed by atoms with Crippen molar-refractivity contribution in [2.24, 2.45) is 0 Å². The lowest BCUT2D eigenvalue weighted by Crippen LogP contribution is -2.23. The molecule has 2 aromatic carbocycles. The molecule has 2 aromatic rings. The molecule has 0 saturated carbocycles. The van der Waals surface area contributed by atoms with Gasteiger partial charge in [0.2, 0.25) is 0 Å². The van der Waals surface area contributed by atoms with Gasteiger partial charge >= 0.3 is 0 Å². The van der Waals surface area contributed by atoms with Gasteiger partial charge in [0.25, 0.3) is 0 Å². The second-order valence-electron chi connectivity index (χ2n) is 4.82. The van der Waals surface area contributed by atoms with Crippen molar-refractivity contribution in [3.05, 3.63) is 70.5 Å². The van der Waals surface area contributed by atoms with Crippen LogP contribution in [-0.2, 0) is 6.42 Å². The van der Waals surface area contributed by atoms with Gasteiger partial charge in [-0.15, -0.1) is 0 Å². The van der Waals surface area contributed by atoms with Crippen LogP contribution in [0.3, 0.4) is 0 Å². The van der Waals surface area contributed by atoms with Gasteiger partial charge < -0.3 is 5.32 Å². The van der Waals surface area contributed by atoms with E-state index in [2.05, 4.69) is 5.32 Å². The molecule has 0 aliphatic carbocycles. The summed E-state index contributed by atoms with van der Waals surface area (Å²) in [6.07, 6.45) is 0.730. The fraction of sp³-hybridized carbons (Fsp3) is 0.294. The minimum absolute atomic E-state index is 0.0797. The molecule has 0 radical (unpaired) electrons. The van der Waals surface area contributed by atoms with E-state index in [1.54, 1.807) is 6.07 Å². The van der Waals surface area contributed by atoms with Gasteiger partial charge in [0, 0.05) is 17.5 Å². The average molecular weight is 292 g/mol. The van der Waals surface area contributed by atoms with Crippen LogP contribution in [-0.4, -0.2) is 13.1 Å². The molecule has 1 nitrogen and oxygen atoms in total. The molecule has 0 heterocycles. The van der Waals surface area contributed by atoms with Crippen LogP contribution in [0.5, 0.6) is 0 Å². The van der Waals surface area contributed by atoms with Crippen molar-refractivity contribution in [2.45, 2.75) is 19.3 Å². The Bertz CT molecular complexity index is 556. The lowest BCUT2D eigenvalue weighted by Gasteiger charge is -2.19. The van der Waals surface area contributed by atoms with Crippen LogP contribution in [0.4, 0.5) is 4.39 Å². The molecule has 1 atom stereocenters. The number of rotatable bonds is 6. The smallest absolute Gasteiger partial charge is 0.126 e. The molecular formula is C17H19ClFN. The van der Waals surface area contributed by atoms with Crippen LogP contribution in [0.2, 0.25) is 5.02 Å². The molecule has 0 aliphatic heterocycles. The fourth-order valence-corrected chi connectivity index (χ4v) is 2.56. The molecule has 1 unspecified atom stereocenters. The zero-order chi connectivity index (χ0) is 14.4. The standard InChI is InChI=1S/C17H19ClFN/c1-2-20-12-14(15-8-4-6-10-17(15)19)11-13-7-3-5-9-16(13)18/h3-10,14,20H,2,11-12H2,1H3. The zero-order valence-corrected chi connectivity index (χ0v) is 12.3. The SMILES string of the molecule is CCNCC(Cc1ccccc1Cl)c1ccccc1F. The fourth-order valence-electron chi connectivity index (χ4n) is 2.35. The second kappa shape index (κ2) is 7.41. The minimum Gasteiger partial charge on any atom is -0.316 e. The Morgan fingerprint density at radius 2 is 1.80 bits per heavy atom. The van der Waals surface area contributed by atoms with Crippen molar-refractivity contribution in [1.82, 2.24) is 5.32 Å². The van der Waals surface area contributed by atoms with Crippen LogP contribution < -0.4 is 5.32 Å². The quantitative estimate of drug-likeness (QED) is 0.831. The third-order valence-electron chi connectivity index (χ3n) is 3.41. The highest BCUT2D eigenvalue weighted by molar-refractivity contribution is 6.31. The summed E-state index contributed by atoms with van der Waals surface area (Å²) >= 11 is 6.22. The minimum atomic E-state index is -0.151. The molecule has 0 bridgehead atoms. The average Bonchev–Trinajstić information content (AvgIpc) is 2.46. The third-order valence-corrected chi connectivity index (χ3v) is 3.78. The molecule has 2 rings (SSSR count). The molecule has 20 heavy (non-hydrogen) atoms. The molecule has 0 amide bonds. The Hall–Kier alpha value is -1.38. The van der Waals surface area contributed by atoms with E-state index in [4.69, 9.17) is 11.6 Å². The molecule has 3 heteroatoms. The predicted octanol–water partition coefficient (Wildman–Crippen LogP) is 4.41. The molecule has 0 saturated heterocycles. The van der Waals surface area contributed by atoms with E-state index in [1.165, 1.54) is 6.07 Å². The first kappa shape index (κ1) is 15.0. The van der Waals surface area contributed by atoms with Gasteiger partial charge in [0.1, 0.15) is 5.82 Å². The van der Waals surface area contributed by atoms with E-state index < -0.39 is 0 Å². The van der Waals surface area contributed by atoms with E-state index in [-0.39, 0.29) is 11.7 Å². The first-order valence-corrected chi connectivity index (χ1v) is 7.28. The van der Waals surface area contributed by atoms with Gasteiger partial charge in [0.15, 0.2) is 0 Å². The summed E-state index contributed by atoms with van der Waals surface area (Å²) < 4.78 is 14.0. The highest BCUT2D eigenvalue weighted by Gasteiger charge is 2.16. The zero-order valence-electron chi connectivity index (χ0n) is 11.6. The van der Waals surface area contributed by atoms with Crippen molar-refractivity contribution >= 4 is 11.6 Å². The van der Waals surface area contributed by atoms with Gasteiger partial charge in [-0.05, 0) is 36.2 Å². The van der Waals surface area contributed by atoms with Crippen molar-refractivity contribution in [3.8, 4) is 0 Å². The van der Waals surface area contributed by atoms with Gasteiger partial charge in [0.05, 0.1) is 0 Å². The Morgan fingerprint density at radius 1 is 1.10 bits per heavy atom.